The maximum absolute atomic E-state index is 13.5. The van der Waals surface area contributed by atoms with E-state index < -0.39 is 10.7 Å². The van der Waals surface area contributed by atoms with Gasteiger partial charge in [0, 0.05) is 18.7 Å². The summed E-state index contributed by atoms with van der Waals surface area (Å²) in [6, 6.07) is 9.03. The van der Waals surface area contributed by atoms with Crippen molar-refractivity contribution < 1.29 is 13.7 Å². The van der Waals surface area contributed by atoms with E-state index in [2.05, 4.69) is 5.32 Å². The van der Waals surface area contributed by atoms with E-state index in [-0.39, 0.29) is 23.7 Å². The molecule has 1 N–H and O–H groups in total. The van der Waals surface area contributed by atoms with Crippen molar-refractivity contribution in [1.29, 1.82) is 0 Å². The summed E-state index contributed by atoms with van der Waals surface area (Å²) in [5, 5.41) is 13.3. The summed E-state index contributed by atoms with van der Waals surface area (Å²) in [4.78, 5) is 9.98. The number of hydrogen-bond acceptors (Lipinski definition) is 3. The van der Waals surface area contributed by atoms with Crippen molar-refractivity contribution in [2.45, 2.75) is 6.54 Å². The lowest BCUT2D eigenvalue weighted by atomic mass is 10.2. The number of non-ortho nitro benzene ring substituents is 1. The van der Waals surface area contributed by atoms with E-state index in [1.807, 2.05) is 0 Å². The lowest BCUT2D eigenvalue weighted by molar-refractivity contribution is -0.384. The molecule has 0 amide bonds. The summed E-state index contributed by atoms with van der Waals surface area (Å²) in [7, 11) is 0. The molecule has 2 aromatic rings. The zero-order chi connectivity index (χ0) is 13.8. The molecule has 0 aliphatic heterocycles. The lowest BCUT2D eigenvalue weighted by Crippen LogP contribution is -2.02. The fourth-order valence-electron chi connectivity index (χ4n) is 1.61. The van der Waals surface area contributed by atoms with Crippen LogP contribution < -0.4 is 5.32 Å². The maximum atomic E-state index is 13.5. The third-order valence-electron chi connectivity index (χ3n) is 2.53. The minimum atomic E-state index is -0.604. The summed E-state index contributed by atoms with van der Waals surface area (Å²) in [6.45, 7) is 0.176. The molecule has 98 valence electrons. The third kappa shape index (κ3) is 3.25. The van der Waals surface area contributed by atoms with Gasteiger partial charge in [-0.2, -0.15) is 0 Å². The van der Waals surface area contributed by atoms with E-state index in [1.165, 1.54) is 18.2 Å². The molecule has 0 atom stereocenters. The van der Waals surface area contributed by atoms with Gasteiger partial charge in [0.15, 0.2) is 0 Å². The highest BCUT2D eigenvalue weighted by molar-refractivity contribution is 5.52. The topological polar surface area (TPSA) is 55.2 Å². The number of rotatable bonds is 4. The number of anilines is 1. The summed E-state index contributed by atoms with van der Waals surface area (Å²) < 4.78 is 26.4. The molecular formula is C13H10F2N2O2. The van der Waals surface area contributed by atoms with Crippen molar-refractivity contribution in [3.8, 4) is 0 Å². The van der Waals surface area contributed by atoms with E-state index in [1.54, 1.807) is 6.07 Å². The summed E-state index contributed by atoms with van der Waals surface area (Å²) >= 11 is 0. The molecule has 0 saturated heterocycles. The highest BCUT2D eigenvalue weighted by Gasteiger charge is 2.10. The van der Waals surface area contributed by atoms with Crippen LogP contribution in [0.4, 0.5) is 20.2 Å². The fraction of sp³-hybridized carbons (Fsp3) is 0.0769. The average Bonchev–Trinajstić information content (AvgIpc) is 2.37. The molecule has 2 aromatic carbocycles. The van der Waals surface area contributed by atoms with Gasteiger partial charge in [-0.05, 0) is 23.8 Å². The van der Waals surface area contributed by atoms with Gasteiger partial charge in [0.1, 0.15) is 11.6 Å². The van der Waals surface area contributed by atoms with Crippen molar-refractivity contribution in [3.63, 3.8) is 0 Å². The highest BCUT2D eigenvalue weighted by Crippen LogP contribution is 2.21. The van der Waals surface area contributed by atoms with Gasteiger partial charge in [-0.1, -0.05) is 12.1 Å². The molecule has 4 nitrogen and oxygen atoms in total. The first-order valence-electron chi connectivity index (χ1n) is 5.48. The van der Waals surface area contributed by atoms with Gasteiger partial charge >= 0.3 is 0 Å². The van der Waals surface area contributed by atoms with Gasteiger partial charge in [-0.3, -0.25) is 10.1 Å². The quantitative estimate of drug-likeness (QED) is 0.679. The van der Waals surface area contributed by atoms with Crippen molar-refractivity contribution in [2.24, 2.45) is 0 Å². The predicted octanol–water partition coefficient (Wildman–Crippen LogP) is 3.49. The molecule has 0 bridgehead atoms. The molecule has 0 aromatic heterocycles. The molecule has 0 unspecified atom stereocenters. The Kier molecular flexibility index (Phi) is 3.70. The number of halogens is 2. The van der Waals surface area contributed by atoms with Crippen LogP contribution in [0.15, 0.2) is 42.5 Å². The molecule has 0 aliphatic carbocycles. The predicted molar refractivity (Wildman–Crippen MR) is 66.8 cm³/mol. The van der Waals surface area contributed by atoms with E-state index in [0.717, 1.165) is 18.2 Å². The number of nitrogens with zero attached hydrogens (tertiary/aromatic N) is 1. The van der Waals surface area contributed by atoms with Crippen LogP contribution in [0.1, 0.15) is 5.56 Å². The molecule has 6 heteroatoms. The van der Waals surface area contributed by atoms with Gasteiger partial charge < -0.3 is 5.32 Å². The molecule has 0 heterocycles. The second-order valence-corrected chi connectivity index (χ2v) is 3.90. The largest absolute Gasteiger partial charge is 0.378 e. The highest BCUT2D eigenvalue weighted by atomic mass is 19.1. The Balaban J connectivity index is 2.15. The zero-order valence-electron chi connectivity index (χ0n) is 9.77. The number of benzene rings is 2. The van der Waals surface area contributed by atoms with Crippen LogP contribution in [0.2, 0.25) is 0 Å². The molecule has 19 heavy (non-hydrogen) atoms. The molecule has 0 spiro atoms. The number of nitro benzene ring substituents is 1. The van der Waals surface area contributed by atoms with Crippen molar-refractivity contribution in [1.82, 2.24) is 0 Å². The van der Waals surface area contributed by atoms with Gasteiger partial charge in [0.25, 0.3) is 5.69 Å². The molecule has 0 fully saturated rings. The maximum Gasteiger partial charge on any atom is 0.271 e. The van der Waals surface area contributed by atoms with Crippen LogP contribution in [0.25, 0.3) is 0 Å². The standard InChI is InChI=1S/C13H10F2N2O2/c14-10-3-1-2-9(6-10)8-16-13-7-11(17(18)19)4-5-12(13)15/h1-7,16H,8H2. The van der Waals surface area contributed by atoms with Crippen LogP contribution in [0.3, 0.4) is 0 Å². The van der Waals surface area contributed by atoms with Crippen LogP contribution >= 0.6 is 0 Å². The van der Waals surface area contributed by atoms with Gasteiger partial charge in [0.05, 0.1) is 10.6 Å². The summed E-state index contributed by atoms with van der Waals surface area (Å²) in [5.41, 5.74) is 0.424. The second-order valence-electron chi connectivity index (χ2n) is 3.90. The Morgan fingerprint density at radius 1 is 1.16 bits per heavy atom. The number of nitrogens with one attached hydrogen (secondary N) is 1. The Hall–Kier alpha value is -2.50. The third-order valence-corrected chi connectivity index (χ3v) is 2.53. The monoisotopic (exact) mass is 264 g/mol. The van der Waals surface area contributed by atoms with Crippen LogP contribution in [-0.2, 0) is 6.54 Å². The van der Waals surface area contributed by atoms with E-state index in [0.29, 0.717) is 5.56 Å². The smallest absolute Gasteiger partial charge is 0.271 e. The Morgan fingerprint density at radius 2 is 1.95 bits per heavy atom. The minimum Gasteiger partial charge on any atom is -0.378 e. The Labute approximate surface area is 107 Å². The van der Waals surface area contributed by atoms with E-state index >= 15 is 0 Å². The number of nitro groups is 1. The SMILES string of the molecule is O=[N+]([O-])c1ccc(F)c(NCc2cccc(F)c2)c1. The van der Waals surface area contributed by atoms with Gasteiger partial charge in [-0.25, -0.2) is 8.78 Å². The second kappa shape index (κ2) is 5.43. The minimum absolute atomic E-state index is 0.0125. The zero-order valence-corrected chi connectivity index (χ0v) is 9.77. The van der Waals surface area contributed by atoms with Crippen molar-refractivity contribution in [2.75, 3.05) is 5.32 Å². The summed E-state index contributed by atoms with van der Waals surface area (Å²) in [5.74, 6) is -0.985. The molecule has 0 aliphatic rings. The number of hydrogen-bond donors (Lipinski definition) is 1. The Bertz CT molecular complexity index is 617. The molecule has 0 radical (unpaired) electrons. The first-order chi connectivity index (χ1) is 9.06. The average molecular weight is 264 g/mol. The first-order valence-corrected chi connectivity index (χ1v) is 5.48. The van der Waals surface area contributed by atoms with Gasteiger partial charge in [0.2, 0.25) is 0 Å². The van der Waals surface area contributed by atoms with Crippen LogP contribution in [0, 0.1) is 21.7 Å². The summed E-state index contributed by atoms with van der Waals surface area (Å²) in [6.07, 6.45) is 0. The fourth-order valence-corrected chi connectivity index (χ4v) is 1.61. The Morgan fingerprint density at radius 3 is 2.63 bits per heavy atom. The van der Waals surface area contributed by atoms with Crippen LogP contribution in [-0.4, -0.2) is 4.92 Å². The van der Waals surface area contributed by atoms with Crippen LogP contribution in [0.5, 0.6) is 0 Å². The van der Waals surface area contributed by atoms with Crippen molar-refractivity contribution in [3.05, 3.63) is 69.8 Å². The van der Waals surface area contributed by atoms with Crippen molar-refractivity contribution >= 4 is 11.4 Å². The van der Waals surface area contributed by atoms with E-state index in [9.17, 15) is 18.9 Å². The van der Waals surface area contributed by atoms with Gasteiger partial charge in [-0.15, -0.1) is 0 Å². The molecular weight excluding hydrogens is 254 g/mol. The molecule has 2 rings (SSSR count). The lowest BCUT2D eigenvalue weighted by Gasteiger charge is -2.07. The molecule has 0 saturated carbocycles. The normalized spacial score (nSPS) is 10.2. The van der Waals surface area contributed by atoms with E-state index in [4.69, 9.17) is 0 Å². The first kappa shape index (κ1) is 12.9.